The van der Waals surface area contributed by atoms with E-state index in [1.165, 1.54) is 16.2 Å². The topological polar surface area (TPSA) is 66.8 Å². The number of anilines is 1. The van der Waals surface area contributed by atoms with Crippen LogP contribution < -0.4 is 9.64 Å². The summed E-state index contributed by atoms with van der Waals surface area (Å²) in [6.45, 7) is 3.99. The first-order valence-corrected chi connectivity index (χ1v) is 10.9. The molecule has 6 heteroatoms. The molecular weight excluding hydrogens is 410 g/mol. The first kappa shape index (κ1) is 20.9. The highest BCUT2D eigenvalue weighted by Gasteiger charge is 2.47. The van der Waals surface area contributed by atoms with Crippen LogP contribution >= 0.6 is 11.3 Å². The van der Waals surface area contributed by atoms with Crippen LogP contribution in [0.1, 0.15) is 34.5 Å². The molecule has 0 spiro atoms. The molecule has 31 heavy (non-hydrogen) atoms. The number of methoxy groups -OCH3 is 1. The van der Waals surface area contributed by atoms with Crippen LogP contribution in [0.4, 0.5) is 5.69 Å². The van der Waals surface area contributed by atoms with Crippen LogP contribution in [0.2, 0.25) is 0 Å². The Morgan fingerprint density at radius 1 is 1.06 bits per heavy atom. The summed E-state index contributed by atoms with van der Waals surface area (Å²) in [4.78, 5) is 28.6. The second-order valence-corrected chi connectivity index (χ2v) is 8.33. The minimum atomic E-state index is -0.695. The van der Waals surface area contributed by atoms with Gasteiger partial charge in [-0.05, 0) is 60.2 Å². The molecule has 1 aliphatic heterocycles. The Morgan fingerprint density at radius 2 is 1.74 bits per heavy atom. The maximum Gasteiger partial charge on any atom is 0.300 e. The maximum absolute atomic E-state index is 13.1. The quantitative estimate of drug-likeness (QED) is 0.339. The van der Waals surface area contributed by atoms with E-state index in [2.05, 4.69) is 6.92 Å². The summed E-state index contributed by atoms with van der Waals surface area (Å²) in [5.74, 6) is -0.851. The molecule has 1 amide bonds. The minimum absolute atomic E-state index is 0.107. The third kappa shape index (κ3) is 3.64. The Balaban J connectivity index is 1.89. The summed E-state index contributed by atoms with van der Waals surface area (Å²) in [6, 6.07) is 15.6. The number of carbonyl (C=O) groups excluding carboxylic acids is 2. The predicted molar refractivity (Wildman–Crippen MR) is 123 cm³/mol. The van der Waals surface area contributed by atoms with Crippen molar-refractivity contribution in [2.45, 2.75) is 26.3 Å². The van der Waals surface area contributed by atoms with Gasteiger partial charge in [0.2, 0.25) is 0 Å². The van der Waals surface area contributed by atoms with Crippen LogP contribution in [0, 0.1) is 6.92 Å². The van der Waals surface area contributed by atoms with E-state index in [9.17, 15) is 14.7 Å². The normalized spacial score (nSPS) is 17.9. The molecule has 5 nitrogen and oxygen atoms in total. The number of aliphatic hydroxyl groups excluding tert-OH is 1. The fourth-order valence-electron chi connectivity index (χ4n) is 3.81. The van der Waals surface area contributed by atoms with Gasteiger partial charge < -0.3 is 9.84 Å². The van der Waals surface area contributed by atoms with Gasteiger partial charge in [0.1, 0.15) is 17.6 Å². The molecular formula is C25H23NO4S. The zero-order valence-electron chi connectivity index (χ0n) is 17.6. The average molecular weight is 434 g/mol. The number of Topliss-reactive ketones (excluding diaryl/α,β-unsaturated/α-hetero) is 1. The van der Waals surface area contributed by atoms with Gasteiger partial charge in [-0.2, -0.15) is 0 Å². The lowest BCUT2D eigenvalue weighted by molar-refractivity contribution is -0.132. The molecule has 0 bridgehead atoms. The van der Waals surface area contributed by atoms with Crippen molar-refractivity contribution in [3.63, 3.8) is 0 Å². The average Bonchev–Trinajstić information content (AvgIpc) is 3.33. The lowest BCUT2D eigenvalue weighted by Crippen LogP contribution is -2.29. The second kappa shape index (κ2) is 8.40. The van der Waals surface area contributed by atoms with Gasteiger partial charge in [-0.1, -0.05) is 31.2 Å². The first-order chi connectivity index (χ1) is 15.0. The van der Waals surface area contributed by atoms with Crippen molar-refractivity contribution >= 4 is 34.5 Å². The van der Waals surface area contributed by atoms with E-state index in [4.69, 9.17) is 4.74 Å². The summed E-state index contributed by atoms with van der Waals surface area (Å²) in [6.07, 6.45) is 0.872. The van der Waals surface area contributed by atoms with Crippen LogP contribution in [0.3, 0.4) is 0 Å². The molecule has 158 valence electrons. The molecule has 2 heterocycles. The zero-order valence-corrected chi connectivity index (χ0v) is 18.4. The van der Waals surface area contributed by atoms with Gasteiger partial charge in [0.25, 0.3) is 11.7 Å². The zero-order chi connectivity index (χ0) is 22.1. The number of hydrogen-bond acceptors (Lipinski definition) is 5. The van der Waals surface area contributed by atoms with Crippen LogP contribution in [0.5, 0.6) is 5.75 Å². The highest BCUT2D eigenvalue weighted by molar-refractivity contribution is 7.10. The molecule has 1 N–H and O–H groups in total. The SMILES string of the molecule is CCc1ccc(/C(O)=C2/C(=O)C(=O)N(c3ccc(OC)cc3)C2c2sccc2C)cc1. The lowest BCUT2D eigenvalue weighted by atomic mass is 9.97. The second-order valence-electron chi connectivity index (χ2n) is 7.39. The molecule has 2 aromatic carbocycles. The van der Waals surface area contributed by atoms with Crippen molar-refractivity contribution in [3.8, 4) is 5.75 Å². The monoisotopic (exact) mass is 433 g/mol. The Labute approximate surface area is 185 Å². The van der Waals surface area contributed by atoms with Crippen molar-refractivity contribution in [1.29, 1.82) is 0 Å². The number of aryl methyl sites for hydroxylation is 2. The molecule has 3 aromatic rings. The number of thiophene rings is 1. The highest BCUT2D eigenvalue weighted by atomic mass is 32.1. The Kier molecular flexibility index (Phi) is 5.65. The van der Waals surface area contributed by atoms with E-state index in [0.717, 1.165) is 22.4 Å². The number of ether oxygens (including phenoxy) is 1. The standard InChI is InChI=1S/C25H23NO4S/c1-4-16-5-7-17(8-6-16)22(27)20-21(24-15(2)13-14-31-24)26(25(29)23(20)28)18-9-11-19(30-3)12-10-18/h5-14,21,27H,4H2,1-3H3/b22-20-. The van der Waals surface area contributed by atoms with Crippen LogP contribution in [-0.2, 0) is 16.0 Å². The molecule has 0 saturated carbocycles. The molecule has 1 saturated heterocycles. The fourth-order valence-corrected chi connectivity index (χ4v) is 4.83. The molecule has 4 rings (SSSR count). The Morgan fingerprint density at radius 3 is 2.29 bits per heavy atom. The van der Waals surface area contributed by atoms with Crippen molar-refractivity contribution in [2.24, 2.45) is 0 Å². The van der Waals surface area contributed by atoms with Crippen molar-refractivity contribution in [2.75, 3.05) is 12.0 Å². The molecule has 1 atom stereocenters. The number of carbonyl (C=O) groups is 2. The molecule has 0 aliphatic carbocycles. The van der Waals surface area contributed by atoms with Gasteiger partial charge in [-0.25, -0.2) is 0 Å². The van der Waals surface area contributed by atoms with Crippen molar-refractivity contribution in [1.82, 2.24) is 0 Å². The number of rotatable bonds is 5. The Hall–Kier alpha value is -3.38. The molecule has 1 fully saturated rings. The maximum atomic E-state index is 13.1. The molecule has 1 unspecified atom stereocenters. The van der Waals surface area contributed by atoms with Crippen LogP contribution in [0.25, 0.3) is 5.76 Å². The molecule has 0 radical (unpaired) electrons. The lowest BCUT2D eigenvalue weighted by Gasteiger charge is -2.25. The van der Waals surface area contributed by atoms with Gasteiger partial charge in [-0.3, -0.25) is 14.5 Å². The van der Waals surface area contributed by atoms with Crippen molar-refractivity contribution < 1.29 is 19.4 Å². The van der Waals surface area contributed by atoms with Gasteiger partial charge in [0.05, 0.1) is 12.7 Å². The van der Waals surface area contributed by atoms with E-state index in [0.29, 0.717) is 17.0 Å². The van der Waals surface area contributed by atoms with E-state index in [1.54, 1.807) is 43.5 Å². The van der Waals surface area contributed by atoms with Gasteiger partial charge >= 0.3 is 0 Å². The summed E-state index contributed by atoms with van der Waals surface area (Å²) in [5, 5.41) is 13.1. The predicted octanol–water partition coefficient (Wildman–Crippen LogP) is 5.25. The molecule has 1 aliphatic rings. The van der Waals surface area contributed by atoms with Crippen LogP contribution in [-0.4, -0.2) is 23.9 Å². The largest absolute Gasteiger partial charge is 0.507 e. The molecule has 1 aromatic heterocycles. The van der Waals surface area contributed by atoms with Gasteiger partial charge in [0.15, 0.2) is 0 Å². The van der Waals surface area contributed by atoms with Crippen molar-refractivity contribution in [3.05, 3.63) is 87.1 Å². The summed E-state index contributed by atoms with van der Waals surface area (Å²) < 4.78 is 5.22. The number of ketones is 1. The van der Waals surface area contributed by atoms with Crippen LogP contribution in [0.15, 0.2) is 65.6 Å². The third-order valence-electron chi connectivity index (χ3n) is 5.58. The highest BCUT2D eigenvalue weighted by Crippen LogP contribution is 2.45. The number of aliphatic hydroxyl groups is 1. The van der Waals surface area contributed by atoms with E-state index in [1.807, 2.05) is 30.5 Å². The summed E-state index contributed by atoms with van der Waals surface area (Å²) in [5.41, 5.74) is 3.28. The number of hydrogen-bond donors (Lipinski definition) is 1. The van der Waals surface area contributed by atoms with E-state index >= 15 is 0 Å². The number of amides is 1. The number of nitrogens with zero attached hydrogens (tertiary/aromatic N) is 1. The fraction of sp³-hybridized carbons (Fsp3) is 0.200. The summed E-state index contributed by atoms with van der Waals surface area (Å²) >= 11 is 1.46. The minimum Gasteiger partial charge on any atom is -0.507 e. The van der Waals surface area contributed by atoms with Gasteiger partial charge in [0, 0.05) is 16.1 Å². The smallest absolute Gasteiger partial charge is 0.300 e. The first-order valence-electron chi connectivity index (χ1n) is 10.0. The van der Waals surface area contributed by atoms with E-state index < -0.39 is 17.7 Å². The summed E-state index contributed by atoms with van der Waals surface area (Å²) in [7, 11) is 1.57. The third-order valence-corrected chi connectivity index (χ3v) is 6.65. The van der Waals surface area contributed by atoms with E-state index in [-0.39, 0.29) is 11.3 Å². The Bertz CT molecular complexity index is 1160. The van der Waals surface area contributed by atoms with Gasteiger partial charge in [-0.15, -0.1) is 11.3 Å². The number of benzene rings is 2.